The van der Waals surface area contributed by atoms with Crippen molar-refractivity contribution in [3.63, 3.8) is 0 Å². The number of alkyl halides is 3. The zero-order valence-electron chi connectivity index (χ0n) is 18.9. The lowest BCUT2D eigenvalue weighted by Gasteiger charge is -2.29. The van der Waals surface area contributed by atoms with E-state index in [0.717, 1.165) is 12.3 Å². The predicted molar refractivity (Wildman–Crippen MR) is 112 cm³/mol. The molecule has 3 heterocycles. The first-order valence-electron chi connectivity index (χ1n) is 10.4. The number of carbonyl (C=O) groups excluding carboxylic acids is 1. The number of hydrogen-bond acceptors (Lipinski definition) is 7. The molecule has 0 spiro atoms. The summed E-state index contributed by atoms with van der Waals surface area (Å²) >= 11 is 0. The maximum atomic E-state index is 12.8. The zero-order chi connectivity index (χ0) is 24.4. The largest absolute Gasteiger partial charge is 0.480 e. The van der Waals surface area contributed by atoms with Crippen molar-refractivity contribution >= 4 is 5.91 Å². The van der Waals surface area contributed by atoms with Gasteiger partial charge in [0, 0.05) is 19.3 Å². The number of halogens is 3. The molecule has 9 nitrogen and oxygen atoms in total. The van der Waals surface area contributed by atoms with Crippen LogP contribution in [0, 0.1) is 0 Å². The van der Waals surface area contributed by atoms with Gasteiger partial charge in [0.2, 0.25) is 11.8 Å². The van der Waals surface area contributed by atoms with Gasteiger partial charge in [-0.2, -0.15) is 13.2 Å². The highest BCUT2D eigenvalue weighted by atomic mass is 19.4. The van der Waals surface area contributed by atoms with E-state index in [1.54, 1.807) is 4.90 Å². The summed E-state index contributed by atoms with van der Waals surface area (Å²) in [7, 11) is 1.40. The molecule has 2 unspecified atom stereocenters. The fourth-order valence-corrected chi connectivity index (χ4v) is 3.40. The molecule has 3 rings (SSSR count). The van der Waals surface area contributed by atoms with E-state index in [2.05, 4.69) is 15.4 Å². The molecule has 0 bridgehead atoms. The van der Waals surface area contributed by atoms with Gasteiger partial charge in [0.1, 0.15) is 18.5 Å². The van der Waals surface area contributed by atoms with Crippen molar-refractivity contribution in [1.82, 2.24) is 25.0 Å². The summed E-state index contributed by atoms with van der Waals surface area (Å²) in [4.78, 5) is 18.0. The number of nitrogens with one attached hydrogen (secondary N) is 1. The molecule has 1 fully saturated rings. The highest BCUT2D eigenvalue weighted by Crippen LogP contribution is 2.28. The number of ether oxygens (including phenoxy) is 2. The number of aliphatic hydroxyl groups is 1. The van der Waals surface area contributed by atoms with E-state index in [1.165, 1.54) is 24.1 Å². The summed E-state index contributed by atoms with van der Waals surface area (Å²) in [5.41, 5.74) is -0.580. The maximum Gasteiger partial charge on any atom is 0.433 e. The van der Waals surface area contributed by atoms with Crippen LogP contribution < -0.4 is 10.1 Å². The van der Waals surface area contributed by atoms with Crippen molar-refractivity contribution in [2.24, 2.45) is 0 Å². The van der Waals surface area contributed by atoms with Crippen molar-refractivity contribution in [2.45, 2.75) is 57.7 Å². The van der Waals surface area contributed by atoms with Crippen LogP contribution in [0.1, 0.15) is 38.4 Å². The van der Waals surface area contributed by atoms with E-state index in [-0.39, 0.29) is 30.7 Å². The van der Waals surface area contributed by atoms with Gasteiger partial charge in [-0.05, 0) is 39.3 Å². The van der Waals surface area contributed by atoms with Crippen LogP contribution in [0.4, 0.5) is 13.2 Å². The van der Waals surface area contributed by atoms with Gasteiger partial charge in [0.05, 0.1) is 36.3 Å². The Bertz CT molecular complexity index is 956. The molecule has 1 aliphatic heterocycles. The van der Waals surface area contributed by atoms with E-state index in [4.69, 9.17) is 9.47 Å². The summed E-state index contributed by atoms with van der Waals surface area (Å²) in [5.74, 6) is -0.168. The number of pyridine rings is 1. The van der Waals surface area contributed by atoms with Crippen molar-refractivity contribution in [2.75, 3.05) is 20.4 Å². The van der Waals surface area contributed by atoms with Crippen LogP contribution in [0.25, 0.3) is 5.69 Å². The number of hydrogen-bond donors (Lipinski definition) is 2. The third-order valence-corrected chi connectivity index (χ3v) is 5.10. The molecule has 0 aromatic carbocycles. The predicted octanol–water partition coefficient (Wildman–Crippen LogP) is 2.12. The van der Waals surface area contributed by atoms with Crippen LogP contribution in [0.3, 0.4) is 0 Å². The Hall–Kier alpha value is -2.70. The lowest BCUT2D eigenvalue weighted by atomic mass is 10.1. The Labute approximate surface area is 189 Å². The fraction of sp³-hybridized carbons (Fsp3) is 0.571. The van der Waals surface area contributed by atoms with Gasteiger partial charge in [0.25, 0.3) is 0 Å². The molecule has 1 aliphatic rings. The average Bonchev–Trinajstić information content (AvgIpc) is 3.32. The second-order valence-corrected chi connectivity index (χ2v) is 8.72. The summed E-state index contributed by atoms with van der Waals surface area (Å²) in [6.45, 7) is 6.51. The van der Waals surface area contributed by atoms with Crippen molar-refractivity contribution in [3.05, 3.63) is 35.8 Å². The topological polar surface area (TPSA) is 102 Å². The number of aromatic nitrogens is 3. The first-order chi connectivity index (χ1) is 15.4. The molecule has 12 heteroatoms. The highest BCUT2D eigenvalue weighted by Gasteiger charge is 2.39. The molecule has 0 saturated carbocycles. The lowest BCUT2D eigenvalue weighted by Crippen LogP contribution is -2.49. The van der Waals surface area contributed by atoms with Gasteiger partial charge in [-0.25, -0.2) is 9.67 Å². The normalized spacial score (nSPS) is 19.6. The van der Waals surface area contributed by atoms with E-state index in [9.17, 15) is 23.1 Å². The maximum absolute atomic E-state index is 12.8. The summed E-state index contributed by atoms with van der Waals surface area (Å²) in [6.07, 6.45) is -2.31. The van der Waals surface area contributed by atoms with Crippen LogP contribution in [0.15, 0.2) is 24.5 Å². The van der Waals surface area contributed by atoms with Gasteiger partial charge in [-0.1, -0.05) is 0 Å². The molecule has 2 N–H and O–H groups in total. The molecule has 0 aliphatic carbocycles. The minimum Gasteiger partial charge on any atom is -0.480 e. The molecule has 2 aromatic heterocycles. The van der Waals surface area contributed by atoms with Crippen LogP contribution >= 0.6 is 0 Å². The van der Waals surface area contributed by atoms with E-state index in [0.29, 0.717) is 24.2 Å². The standard InChI is InChI=1S/C21H28F3N5O4/c1-20(2,3)33-12-28-8-7-15(30)17(28)18(31)26-9-13-11-29(27-19(13)32-4)14-5-6-16(25-10-14)21(22,23)24/h5-6,10-11,15,17,30H,7-9,12H2,1-4H3,(H,26,31). The number of likely N-dealkylation sites (tertiary alicyclic amines) is 1. The van der Waals surface area contributed by atoms with E-state index < -0.39 is 24.0 Å². The Balaban J connectivity index is 1.68. The second kappa shape index (κ2) is 9.65. The van der Waals surface area contributed by atoms with Gasteiger partial charge < -0.3 is 19.9 Å². The summed E-state index contributed by atoms with van der Waals surface area (Å²) < 4.78 is 50.5. The number of amides is 1. The molecule has 0 radical (unpaired) electrons. The number of rotatable bonds is 7. The monoisotopic (exact) mass is 471 g/mol. The second-order valence-electron chi connectivity index (χ2n) is 8.72. The SMILES string of the molecule is COc1nn(-c2ccc(C(F)(F)F)nc2)cc1CNC(=O)C1C(O)CCN1COC(C)(C)C. The minimum atomic E-state index is -4.54. The van der Waals surface area contributed by atoms with Crippen LogP contribution in [0.5, 0.6) is 5.88 Å². The van der Waals surface area contributed by atoms with Crippen molar-refractivity contribution in [3.8, 4) is 11.6 Å². The average molecular weight is 471 g/mol. The zero-order valence-corrected chi connectivity index (χ0v) is 18.9. The van der Waals surface area contributed by atoms with E-state index in [1.807, 2.05) is 20.8 Å². The molecule has 2 atom stereocenters. The smallest absolute Gasteiger partial charge is 0.433 e. The third-order valence-electron chi connectivity index (χ3n) is 5.10. The van der Waals surface area contributed by atoms with Crippen LogP contribution in [-0.4, -0.2) is 68.8 Å². The molecule has 1 saturated heterocycles. The summed E-state index contributed by atoms with van der Waals surface area (Å²) in [6, 6.07) is 1.35. The Kier molecular flexibility index (Phi) is 7.29. The fourth-order valence-electron chi connectivity index (χ4n) is 3.40. The molecule has 182 valence electrons. The van der Waals surface area contributed by atoms with Crippen LogP contribution in [0.2, 0.25) is 0 Å². The quantitative estimate of drug-likeness (QED) is 0.638. The highest BCUT2D eigenvalue weighted by molar-refractivity contribution is 5.82. The van der Waals surface area contributed by atoms with Gasteiger partial charge in [0.15, 0.2) is 0 Å². The number of methoxy groups -OCH3 is 1. The number of carbonyl (C=O) groups is 1. The Morgan fingerprint density at radius 2 is 2.03 bits per heavy atom. The van der Waals surface area contributed by atoms with Gasteiger partial charge in [-0.15, -0.1) is 5.10 Å². The van der Waals surface area contributed by atoms with Crippen molar-refractivity contribution in [1.29, 1.82) is 0 Å². The molecule has 33 heavy (non-hydrogen) atoms. The summed E-state index contributed by atoms with van der Waals surface area (Å²) in [5, 5.41) is 17.3. The molecular weight excluding hydrogens is 443 g/mol. The third kappa shape index (κ3) is 6.21. The minimum absolute atomic E-state index is 0.0489. The Morgan fingerprint density at radius 3 is 2.61 bits per heavy atom. The molecular formula is C21H28F3N5O4. The van der Waals surface area contributed by atoms with Gasteiger partial charge in [-0.3, -0.25) is 9.69 Å². The lowest BCUT2D eigenvalue weighted by molar-refractivity contribution is -0.141. The van der Waals surface area contributed by atoms with Crippen LogP contribution in [-0.2, 0) is 22.3 Å². The first-order valence-corrected chi connectivity index (χ1v) is 10.4. The first kappa shape index (κ1) is 24.9. The molecule has 1 amide bonds. The molecule has 2 aromatic rings. The van der Waals surface area contributed by atoms with E-state index >= 15 is 0 Å². The number of aliphatic hydroxyl groups excluding tert-OH is 1. The Morgan fingerprint density at radius 1 is 1.30 bits per heavy atom. The van der Waals surface area contributed by atoms with Crippen molar-refractivity contribution < 1.29 is 32.5 Å². The van der Waals surface area contributed by atoms with Gasteiger partial charge >= 0.3 is 6.18 Å². The number of nitrogens with zero attached hydrogens (tertiary/aromatic N) is 4.